The molecule has 0 heterocycles. The number of hydrogen-bond donors (Lipinski definition) is 2. The molecule has 2 aromatic carbocycles. The zero-order chi connectivity index (χ0) is 17.5. The van der Waals surface area contributed by atoms with Crippen molar-refractivity contribution in [3.05, 3.63) is 59.2 Å². The number of para-hydroxylation sites is 2. The molecule has 0 aliphatic carbocycles. The molecular formula is C20H24N2O2. The Balaban J connectivity index is 2.03. The number of anilines is 2. The molecule has 0 bridgehead atoms. The second-order valence-corrected chi connectivity index (χ2v) is 5.75. The first-order chi connectivity index (χ1) is 11.5. The van der Waals surface area contributed by atoms with Gasteiger partial charge in [0.05, 0.1) is 0 Å². The van der Waals surface area contributed by atoms with Crippen LogP contribution in [-0.2, 0) is 22.4 Å². The van der Waals surface area contributed by atoms with E-state index in [9.17, 15) is 9.59 Å². The van der Waals surface area contributed by atoms with E-state index in [1.807, 2.05) is 49.4 Å². The van der Waals surface area contributed by atoms with Crippen molar-refractivity contribution in [1.82, 2.24) is 0 Å². The van der Waals surface area contributed by atoms with Gasteiger partial charge in [-0.05, 0) is 42.5 Å². The van der Waals surface area contributed by atoms with E-state index in [1.54, 1.807) is 0 Å². The van der Waals surface area contributed by atoms with E-state index in [0.29, 0.717) is 0 Å². The summed E-state index contributed by atoms with van der Waals surface area (Å²) in [7, 11) is 0. The van der Waals surface area contributed by atoms with Gasteiger partial charge in [-0.25, -0.2) is 0 Å². The maximum Gasteiger partial charge on any atom is 0.233 e. The quantitative estimate of drug-likeness (QED) is 0.786. The second kappa shape index (κ2) is 8.29. The summed E-state index contributed by atoms with van der Waals surface area (Å²) in [6.45, 7) is 6.02. The number of rotatable bonds is 6. The van der Waals surface area contributed by atoms with Crippen molar-refractivity contribution in [1.29, 1.82) is 0 Å². The Labute approximate surface area is 143 Å². The van der Waals surface area contributed by atoms with Gasteiger partial charge in [-0.2, -0.15) is 0 Å². The normalized spacial score (nSPS) is 10.3. The van der Waals surface area contributed by atoms with E-state index in [1.165, 1.54) is 0 Å². The monoisotopic (exact) mass is 324 g/mol. The van der Waals surface area contributed by atoms with Crippen LogP contribution in [0.25, 0.3) is 0 Å². The molecule has 0 aliphatic heterocycles. The molecule has 4 nitrogen and oxygen atoms in total. The van der Waals surface area contributed by atoms with Crippen LogP contribution < -0.4 is 10.6 Å². The number of carbonyl (C=O) groups excluding carboxylic acids is 2. The molecule has 0 radical (unpaired) electrons. The van der Waals surface area contributed by atoms with Gasteiger partial charge in [-0.1, -0.05) is 50.2 Å². The van der Waals surface area contributed by atoms with Crippen LogP contribution in [0.2, 0.25) is 0 Å². The van der Waals surface area contributed by atoms with E-state index >= 15 is 0 Å². The molecule has 0 saturated carbocycles. The Kier molecular flexibility index (Phi) is 6.13. The highest BCUT2D eigenvalue weighted by Crippen LogP contribution is 2.23. The maximum absolute atomic E-state index is 12.3. The summed E-state index contributed by atoms with van der Waals surface area (Å²) in [6.07, 6.45) is 1.47. The maximum atomic E-state index is 12.3. The summed E-state index contributed by atoms with van der Waals surface area (Å²) < 4.78 is 0. The van der Waals surface area contributed by atoms with Crippen LogP contribution in [0, 0.1) is 6.92 Å². The number of amides is 2. The first-order valence-corrected chi connectivity index (χ1v) is 8.31. The average Bonchev–Trinajstić information content (AvgIpc) is 2.57. The molecule has 4 heteroatoms. The number of carbonyl (C=O) groups is 2. The molecule has 2 N–H and O–H groups in total. The fraction of sp³-hybridized carbons (Fsp3) is 0.300. The third kappa shape index (κ3) is 4.44. The van der Waals surface area contributed by atoms with Crippen molar-refractivity contribution in [2.24, 2.45) is 0 Å². The van der Waals surface area contributed by atoms with Crippen LogP contribution in [0.5, 0.6) is 0 Å². The molecule has 0 atom stereocenters. The van der Waals surface area contributed by atoms with Gasteiger partial charge in [-0.3, -0.25) is 9.59 Å². The van der Waals surface area contributed by atoms with E-state index in [-0.39, 0.29) is 18.2 Å². The Morgan fingerprint density at radius 1 is 0.833 bits per heavy atom. The molecule has 0 aromatic heterocycles. The number of aryl methyl sites for hydroxylation is 3. The molecule has 24 heavy (non-hydrogen) atoms. The lowest BCUT2D eigenvalue weighted by atomic mass is 10.0. The third-order valence-corrected chi connectivity index (χ3v) is 4.00. The highest BCUT2D eigenvalue weighted by molar-refractivity contribution is 6.08. The SMILES string of the molecule is CCc1cccc(CC)c1NC(=O)CC(=O)Nc1ccccc1C. The first-order valence-electron chi connectivity index (χ1n) is 8.31. The smallest absolute Gasteiger partial charge is 0.233 e. The lowest BCUT2D eigenvalue weighted by Gasteiger charge is -2.14. The van der Waals surface area contributed by atoms with Crippen LogP contribution in [0.3, 0.4) is 0 Å². The van der Waals surface area contributed by atoms with Gasteiger partial charge in [0.1, 0.15) is 6.42 Å². The molecule has 2 rings (SSSR count). The highest BCUT2D eigenvalue weighted by Gasteiger charge is 2.14. The molecular weight excluding hydrogens is 300 g/mol. The summed E-state index contributed by atoms with van der Waals surface area (Å²) in [4.78, 5) is 24.4. The topological polar surface area (TPSA) is 58.2 Å². The predicted molar refractivity (Wildman–Crippen MR) is 98.3 cm³/mol. The van der Waals surface area contributed by atoms with Crippen molar-refractivity contribution in [3.63, 3.8) is 0 Å². The number of hydrogen-bond acceptors (Lipinski definition) is 2. The van der Waals surface area contributed by atoms with Gasteiger partial charge >= 0.3 is 0 Å². The van der Waals surface area contributed by atoms with E-state index in [0.717, 1.165) is 40.9 Å². The van der Waals surface area contributed by atoms with Gasteiger partial charge in [0.2, 0.25) is 11.8 Å². The largest absolute Gasteiger partial charge is 0.325 e. The molecule has 0 spiro atoms. The van der Waals surface area contributed by atoms with Crippen LogP contribution in [0.4, 0.5) is 11.4 Å². The fourth-order valence-electron chi connectivity index (χ4n) is 2.64. The minimum Gasteiger partial charge on any atom is -0.325 e. The minimum atomic E-state index is -0.311. The first kappa shape index (κ1) is 17.7. The fourth-order valence-corrected chi connectivity index (χ4v) is 2.64. The van der Waals surface area contributed by atoms with E-state index in [2.05, 4.69) is 24.5 Å². The standard InChI is InChI=1S/C20H24N2O2/c1-4-15-10-8-11-16(5-2)20(15)22-19(24)13-18(23)21-17-12-7-6-9-14(17)3/h6-12H,4-5,13H2,1-3H3,(H,21,23)(H,22,24). The molecule has 0 saturated heterocycles. The average molecular weight is 324 g/mol. The highest BCUT2D eigenvalue weighted by atomic mass is 16.2. The van der Waals surface area contributed by atoms with Crippen LogP contribution in [0.15, 0.2) is 42.5 Å². The number of benzene rings is 2. The van der Waals surface area contributed by atoms with Crippen LogP contribution in [-0.4, -0.2) is 11.8 Å². The van der Waals surface area contributed by atoms with Crippen molar-refractivity contribution in [2.45, 2.75) is 40.0 Å². The van der Waals surface area contributed by atoms with E-state index < -0.39 is 0 Å². The minimum absolute atomic E-state index is 0.199. The zero-order valence-electron chi connectivity index (χ0n) is 14.5. The number of nitrogens with one attached hydrogen (secondary N) is 2. The van der Waals surface area contributed by atoms with E-state index in [4.69, 9.17) is 0 Å². The third-order valence-electron chi connectivity index (χ3n) is 4.00. The van der Waals surface area contributed by atoms with Crippen molar-refractivity contribution in [2.75, 3.05) is 10.6 Å². The zero-order valence-corrected chi connectivity index (χ0v) is 14.5. The Hall–Kier alpha value is -2.62. The van der Waals surface area contributed by atoms with Crippen molar-refractivity contribution in [3.8, 4) is 0 Å². The van der Waals surface area contributed by atoms with Gasteiger partial charge in [0.25, 0.3) is 0 Å². The van der Waals surface area contributed by atoms with Crippen molar-refractivity contribution >= 4 is 23.2 Å². The Morgan fingerprint density at radius 2 is 1.42 bits per heavy atom. The molecule has 0 fully saturated rings. The van der Waals surface area contributed by atoms with Gasteiger partial charge in [-0.15, -0.1) is 0 Å². The lowest BCUT2D eigenvalue weighted by molar-refractivity contribution is -0.123. The predicted octanol–water partition coefficient (Wildman–Crippen LogP) is 4.09. The second-order valence-electron chi connectivity index (χ2n) is 5.75. The molecule has 2 aromatic rings. The Morgan fingerprint density at radius 3 is 2.00 bits per heavy atom. The van der Waals surface area contributed by atoms with Gasteiger partial charge in [0.15, 0.2) is 0 Å². The molecule has 126 valence electrons. The Bertz CT molecular complexity index is 716. The summed E-state index contributed by atoms with van der Waals surface area (Å²) in [5.41, 5.74) is 4.72. The summed E-state index contributed by atoms with van der Waals surface area (Å²) >= 11 is 0. The summed E-state index contributed by atoms with van der Waals surface area (Å²) in [5, 5.41) is 5.70. The lowest BCUT2D eigenvalue weighted by Crippen LogP contribution is -2.22. The molecule has 0 unspecified atom stereocenters. The van der Waals surface area contributed by atoms with Crippen molar-refractivity contribution < 1.29 is 9.59 Å². The van der Waals surface area contributed by atoms with Gasteiger partial charge in [0, 0.05) is 11.4 Å². The van der Waals surface area contributed by atoms with Crippen LogP contribution in [0.1, 0.15) is 37.0 Å². The summed E-state index contributed by atoms with van der Waals surface area (Å²) in [6, 6.07) is 13.5. The van der Waals surface area contributed by atoms with Crippen LogP contribution >= 0.6 is 0 Å². The molecule has 2 amide bonds. The van der Waals surface area contributed by atoms with Gasteiger partial charge < -0.3 is 10.6 Å². The molecule has 0 aliphatic rings. The summed E-state index contributed by atoms with van der Waals surface area (Å²) in [5.74, 6) is -0.606.